The largest absolute Gasteiger partial charge is 0.367 e. The number of hydroxylamine groups is 2. The average Bonchev–Trinajstić information content (AvgIpc) is 2.79. The van der Waals surface area contributed by atoms with E-state index < -0.39 is 11.2 Å². The Labute approximate surface area is 158 Å². The molecular weight excluding hydrogens is 324 g/mol. The van der Waals surface area contributed by atoms with Crippen molar-refractivity contribution >= 4 is 5.78 Å². The lowest BCUT2D eigenvalue weighted by atomic mass is 9.98. The summed E-state index contributed by atoms with van der Waals surface area (Å²) in [4.78, 5) is 12.5. The summed E-state index contributed by atoms with van der Waals surface area (Å²) in [5.74, 6) is -0.0709. The zero-order valence-corrected chi connectivity index (χ0v) is 16.7. The molecule has 0 saturated carbocycles. The van der Waals surface area contributed by atoms with Crippen molar-refractivity contribution in [2.45, 2.75) is 83.8 Å². The summed E-state index contributed by atoms with van der Waals surface area (Å²) in [7, 11) is 0. The van der Waals surface area contributed by atoms with Crippen molar-refractivity contribution in [1.82, 2.24) is 10.4 Å². The van der Waals surface area contributed by atoms with Crippen molar-refractivity contribution in [2.24, 2.45) is 0 Å². The van der Waals surface area contributed by atoms with E-state index in [2.05, 4.69) is 12.2 Å². The van der Waals surface area contributed by atoms with Gasteiger partial charge in [0.1, 0.15) is 5.66 Å². The van der Waals surface area contributed by atoms with Gasteiger partial charge in [-0.25, -0.2) is 0 Å². The lowest BCUT2D eigenvalue weighted by Crippen LogP contribution is -2.50. The van der Waals surface area contributed by atoms with Gasteiger partial charge < -0.3 is 5.32 Å². The molecule has 4 heteroatoms. The monoisotopic (exact) mass is 357 g/mol. The van der Waals surface area contributed by atoms with Gasteiger partial charge in [0.05, 0.1) is 5.54 Å². The van der Waals surface area contributed by atoms with E-state index in [1.54, 1.807) is 18.2 Å². The van der Waals surface area contributed by atoms with Gasteiger partial charge in [-0.15, -0.1) is 10.3 Å². The Morgan fingerprint density at radius 1 is 1.04 bits per heavy atom. The minimum atomic E-state index is -0.735. The standard InChI is InChI=1S/C22H33N2O2/c1-5-6-7-8-9-13-16-22(4)23-20(21(2,3)24(22)26)17-19(25)18-14-11-10-12-15-18/h10-12,14-15,17,23H,5-9,13,16H2,1-4H3/b20-17-. The van der Waals surface area contributed by atoms with Gasteiger partial charge in [-0.1, -0.05) is 69.4 Å². The number of carbonyl (C=O) groups excluding carboxylic acids is 1. The molecule has 26 heavy (non-hydrogen) atoms. The fraction of sp³-hybridized carbons (Fsp3) is 0.591. The van der Waals surface area contributed by atoms with Gasteiger partial charge in [0, 0.05) is 17.3 Å². The number of allylic oxidation sites excluding steroid dienone is 1. The number of carbonyl (C=O) groups is 1. The summed E-state index contributed by atoms with van der Waals surface area (Å²) >= 11 is 0. The third-order valence-electron chi connectivity index (χ3n) is 5.37. The summed E-state index contributed by atoms with van der Waals surface area (Å²) in [6, 6.07) is 9.18. The first-order chi connectivity index (χ1) is 12.3. The minimum Gasteiger partial charge on any atom is -0.367 e. The Balaban J connectivity index is 2.03. The number of ketones is 1. The smallest absolute Gasteiger partial charge is 0.187 e. The van der Waals surface area contributed by atoms with Crippen LogP contribution >= 0.6 is 0 Å². The van der Waals surface area contributed by atoms with Crippen molar-refractivity contribution in [3.05, 3.63) is 47.7 Å². The molecule has 1 heterocycles. The average molecular weight is 358 g/mol. The Morgan fingerprint density at radius 3 is 2.31 bits per heavy atom. The maximum atomic E-state index is 12.9. The van der Waals surface area contributed by atoms with Crippen LogP contribution in [-0.2, 0) is 5.21 Å². The highest BCUT2D eigenvalue weighted by molar-refractivity contribution is 6.05. The fourth-order valence-corrected chi connectivity index (χ4v) is 3.66. The summed E-state index contributed by atoms with van der Waals surface area (Å²) in [6.45, 7) is 7.92. The summed E-state index contributed by atoms with van der Waals surface area (Å²) in [5.41, 5.74) is -0.0484. The van der Waals surface area contributed by atoms with Crippen LogP contribution in [0.25, 0.3) is 0 Å². The molecule has 0 spiro atoms. The van der Waals surface area contributed by atoms with E-state index in [0.717, 1.165) is 24.3 Å². The first-order valence-electron chi connectivity index (χ1n) is 9.88. The second-order valence-corrected chi connectivity index (χ2v) is 8.06. The first-order valence-corrected chi connectivity index (χ1v) is 9.88. The Morgan fingerprint density at radius 2 is 1.65 bits per heavy atom. The molecule has 1 aliphatic heterocycles. The Hall–Kier alpha value is -1.65. The van der Waals surface area contributed by atoms with Crippen LogP contribution in [-0.4, -0.2) is 22.0 Å². The zero-order chi connectivity index (χ0) is 19.2. The number of hydrogen-bond acceptors (Lipinski definition) is 3. The molecule has 0 aromatic heterocycles. The molecule has 1 aromatic rings. The van der Waals surface area contributed by atoms with E-state index in [0.29, 0.717) is 11.3 Å². The third-order valence-corrected chi connectivity index (χ3v) is 5.37. The van der Waals surface area contributed by atoms with Crippen molar-refractivity contribution in [3.8, 4) is 0 Å². The second-order valence-electron chi connectivity index (χ2n) is 8.06. The Bertz CT molecular complexity index is 624. The van der Waals surface area contributed by atoms with Crippen LogP contribution in [0.4, 0.5) is 0 Å². The van der Waals surface area contributed by atoms with Gasteiger partial charge in [0.15, 0.2) is 5.78 Å². The van der Waals surface area contributed by atoms with Gasteiger partial charge >= 0.3 is 0 Å². The number of unbranched alkanes of at least 4 members (excludes halogenated alkanes) is 5. The fourth-order valence-electron chi connectivity index (χ4n) is 3.66. The number of hydrogen-bond donors (Lipinski definition) is 1. The SMILES string of the molecule is CCCCCCCCC1(C)N/C(=C\C(=O)c2ccccc2)C(C)(C)N1[O]. The number of nitrogens with zero attached hydrogens (tertiary/aromatic N) is 1. The van der Waals surface area contributed by atoms with Crippen LogP contribution in [0.15, 0.2) is 42.1 Å². The van der Waals surface area contributed by atoms with E-state index in [1.807, 2.05) is 39.0 Å². The Kier molecular flexibility index (Phi) is 7.01. The highest BCUT2D eigenvalue weighted by Crippen LogP contribution is 2.38. The molecule has 1 unspecified atom stereocenters. The maximum absolute atomic E-state index is 12.9. The van der Waals surface area contributed by atoms with Crippen LogP contribution in [0.5, 0.6) is 0 Å². The van der Waals surface area contributed by atoms with E-state index in [9.17, 15) is 10.0 Å². The molecule has 4 nitrogen and oxygen atoms in total. The van der Waals surface area contributed by atoms with E-state index in [4.69, 9.17) is 0 Å². The van der Waals surface area contributed by atoms with Gasteiger partial charge in [0.2, 0.25) is 0 Å². The normalized spacial score (nSPS) is 24.0. The quantitative estimate of drug-likeness (QED) is 0.373. The van der Waals surface area contributed by atoms with E-state index in [1.165, 1.54) is 25.7 Å². The molecule has 1 saturated heterocycles. The first kappa shape index (κ1) is 20.7. The topological polar surface area (TPSA) is 52.2 Å². The summed E-state index contributed by atoms with van der Waals surface area (Å²) in [6.07, 6.45) is 9.55. The van der Waals surface area contributed by atoms with Crippen molar-refractivity contribution in [1.29, 1.82) is 0 Å². The van der Waals surface area contributed by atoms with E-state index in [-0.39, 0.29) is 5.78 Å². The molecule has 1 aromatic carbocycles. The van der Waals surface area contributed by atoms with Crippen LogP contribution in [0.2, 0.25) is 0 Å². The molecule has 0 bridgehead atoms. The molecule has 1 fully saturated rings. The number of nitrogens with one attached hydrogen (secondary N) is 1. The molecule has 0 aliphatic carbocycles. The maximum Gasteiger partial charge on any atom is 0.187 e. The zero-order valence-electron chi connectivity index (χ0n) is 16.7. The van der Waals surface area contributed by atoms with Gasteiger partial charge in [0.25, 0.3) is 0 Å². The molecule has 1 aliphatic rings. The van der Waals surface area contributed by atoms with Crippen molar-refractivity contribution < 1.29 is 10.0 Å². The molecule has 143 valence electrons. The van der Waals surface area contributed by atoms with Gasteiger partial charge in [-0.05, 0) is 33.6 Å². The van der Waals surface area contributed by atoms with E-state index >= 15 is 0 Å². The molecule has 1 atom stereocenters. The predicted molar refractivity (Wildman–Crippen MR) is 105 cm³/mol. The number of benzene rings is 1. The van der Waals surface area contributed by atoms with Gasteiger partial charge in [-0.2, -0.15) is 0 Å². The van der Waals surface area contributed by atoms with Crippen LogP contribution < -0.4 is 5.32 Å². The molecule has 1 N–H and O–H groups in total. The minimum absolute atomic E-state index is 0.0709. The second kappa shape index (κ2) is 8.83. The summed E-state index contributed by atoms with van der Waals surface area (Å²) < 4.78 is 0. The third kappa shape index (κ3) is 4.74. The van der Waals surface area contributed by atoms with Crippen LogP contribution in [0, 0.1) is 0 Å². The summed E-state index contributed by atoms with van der Waals surface area (Å²) in [5, 5.41) is 17.4. The lowest BCUT2D eigenvalue weighted by Gasteiger charge is -2.33. The molecule has 0 amide bonds. The molecule has 1 radical (unpaired) electrons. The van der Waals surface area contributed by atoms with Crippen LogP contribution in [0.3, 0.4) is 0 Å². The predicted octanol–water partition coefficient (Wildman–Crippen LogP) is 5.25. The highest BCUT2D eigenvalue weighted by atomic mass is 16.5. The number of rotatable bonds is 9. The lowest BCUT2D eigenvalue weighted by molar-refractivity contribution is -0.250. The molecular formula is C22H33N2O2. The van der Waals surface area contributed by atoms with Crippen LogP contribution in [0.1, 0.15) is 83.0 Å². The molecule has 2 rings (SSSR count). The highest BCUT2D eigenvalue weighted by Gasteiger charge is 2.51. The van der Waals surface area contributed by atoms with Gasteiger partial charge in [-0.3, -0.25) is 4.79 Å². The van der Waals surface area contributed by atoms with Crippen molar-refractivity contribution in [2.75, 3.05) is 0 Å². The van der Waals surface area contributed by atoms with Crippen molar-refractivity contribution in [3.63, 3.8) is 0 Å².